The number of rotatable bonds is 3. The van der Waals surface area contributed by atoms with Gasteiger partial charge in [0.25, 0.3) is 0 Å². The highest BCUT2D eigenvalue weighted by atomic mass is 16.2. The van der Waals surface area contributed by atoms with Crippen LogP contribution in [0.15, 0.2) is 60.7 Å². The fraction of sp³-hybridized carbons (Fsp3) is 0.211. The number of nitrogens with one attached hydrogen (secondary N) is 1. The van der Waals surface area contributed by atoms with E-state index < -0.39 is 11.8 Å². The van der Waals surface area contributed by atoms with Gasteiger partial charge in [-0.3, -0.25) is 14.4 Å². The summed E-state index contributed by atoms with van der Waals surface area (Å²) in [7, 11) is 0. The molecule has 0 radical (unpaired) electrons. The molecule has 0 aromatic heterocycles. The zero-order chi connectivity index (χ0) is 16.2. The quantitative estimate of drug-likeness (QED) is 0.887. The Labute approximate surface area is 134 Å². The molecule has 0 unspecified atom stereocenters. The standard InChI is InChI=1S/C19H17NO3/c21-16-11-14(13-7-3-1-4-8-13)12-17(22)18(16)19(23)20-15-9-5-2-6-10-15/h1-10,14,18H,11-12H2,(H,20,23). The van der Waals surface area contributed by atoms with Crippen LogP contribution in [0.2, 0.25) is 0 Å². The van der Waals surface area contributed by atoms with E-state index in [-0.39, 0.29) is 30.3 Å². The highest BCUT2D eigenvalue weighted by Crippen LogP contribution is 2.32. The number of carbonyl (C=O) groups is 3. The van der Waals surface area contributed by atoms with Crippen molar-refractivity contribution in [3.63, 3.8) is 0 Å². The summed E-state index contributed by atoms with van der Waals surface area (Å²) in [5, 5.41) is 2.65. The van der Waals surface area contributed by atoms with E-state index in [0.717, 1.165) is 5.56 Å². The fourth-order valence-corrected chi connectivity index (χ4v) is 2.96. The molecule has 0 aliphatic heterocycles. The molecular formula is C19H17NO3. The highest BCUT2D eigenvalue weighted by molar-refractivity contribution is 6.23. The number of amides is 1. The van der Waals surface area contributed by atoms with Gasteiger partial charge in [-0.15, -0.1) is 0 Å². The molecule has 1 N–H and O–H groups in total. The van der Waals surface area contributed by atoms with E-state index in [0.29, 0.717) is 5.69 Å². The lowest BCUT2D eigenvalue weighted by atomic mass is 9.76. The first kappa shape index (κ1) is 15.2. The Morgan fingerprint density at radius 1 is 0.826 bits per heavy atom. The van der Waals surface area contributed by atoms with Gasteiger partial charge >= 0.3 is 0 Å². The van der Waals surface area contributed by atoms with E-state index in [1.165, 1.54) is 0 Å². The molecule has 2 aromatic carbocycles. The lowest BCUT2D eigenvalue weighted by Gasteiger charge is -2.26. The van der Waals surface area contributed by atoms with Crippen LogP contribution in [0.5, 0.6) is 0 Å². The summed E-state index contributed by atoms with van der Waals surface area (Å²) in [4.78, 5) is 37.0. The largest absolute Gasteiger partial charge is 0.325 e. The van der Waals surface area contributed by atoms with Gasteiger partial charge in [-0.2, -0.15) is 0 Å². The topological polar surface area (TPSA) is 63.2 Å². The normalized spacial score (nSPS) is 21.0. The average Bonchev–Trinajstić information content (AvgIpc) is 2.56. The molecule has 0 saturated heterocycles. The summed E-state index contributed by atoms with van der Waals surface area (Å²) in [6.45, 7) is 0. The maximum absolute atomic E-state index is 12.3. The van der Waals surface area contributed by atoms with Crippen LogP contribution in [0.3, 0.4) is 0 Å². The van der Waals surface area contributed by atoms with Crippen molar-refractivity contribution >= 4 is 23.2 Å². The number of carbonyl (C=O) groups excluding carboxylic acids is 3. The Hall–Kier alpha value is -2.75. The molecular weight excluding hydrogens is 290 g/mol. The van der Waals surface area contributed by atoms with E-state index in [2.05, 4.69) is 5.32 Å². The van der Waals surface area contributed by atoms with Crippen molar-refractivity contribution in [1.29, 1.82) is 0 Å². The van der Waals surface area contributed by atoms with Crippen LogP contribution < -0.4 is 5.32 Å². The van der Waals surface area contributed by atoms with Crippen molar-refractivity contribution < 1.29 is 14.4 Å². The van der Waals surface area contributed by atoms with Gasteiger partial charge in [0.2, 0.25) is 5.91 Å². The molecule has 3 rings (SSSR count). The summed E-state index contributed by atoms with van der Waals surface area (Å²) in [6.07, 6.45) is 0.450. The molecule has 1 aliphatic carbocycles. The van der Waals surface area contributed by atoms with Gasteiger partial charge in [0, 0.05) is 18.5 Å². The molecule has 0 spiro atoms. The maximum Gasteiger partial charge on any atom is 0.242 e. The first-order chi connectivity index (χ1) is 11.1. The zero-order valence-corrected chi connectivity index (χ0v) is 12.6. The predicted octanol–water partition coefficient (Wildman–Crippen LogP) is 2.96. The smallest absolute Gasteiger partial charge is 0.242 e. The molecule has 0 bridgehead atoms. The number of para-hydroxylation sites is 1. The first-order valence-electron chi connectivity index (χ1n) is 7.61. The third kappa shape index (κ3) is 3.37. The SMILES string of the molecule is O=C1CC(c2ccccc2)CC(=O)C1C(=O)Nc1ccccc1. The Bertz CT molecular complexity index is 707. The highest BCUT2D eigenvalue weighted by Gasteiger charge is 2.40. The Morgan fingerprint density at radius 3 is 1.91 bits per heavy atom. The monoisotopic (exact) mass is 307 g/mol. The molecule has 1 aliphatic rings. The fourth-order valence-electron chi connectivity index (χ4n) is 2.96. The Kier molecular flexibility index (Phi) is 4.33. The van der Waals surface area contributed by atoms with Gasteiger partial charge in [0.1, 0.15) is 0 Å². The molecule has 2 aromatic rings. The van der Waals surface area contributed by atoms with Gasteiger partial charge in [-0.05, 0) is 23.6 Å². The molecule has 0 atom stereocenters. The maximum atomic E-state index is 12.3. The van der Waals surface area contributed by atoms with Crippen LogP contribution in [-0.4, -0.2) is 17.5 Å². The van der Waals surface area contributed by atoms with Crippen LogP contribution in [0.25, 0.3) is 0 Å². The van der Waals surface area contributed by atoms with Crippen molar-refractivity contribution in [3.8, 4) is 0 Å². The third-order valence-electron chi connectivity index (χ3n) is 4.11. The zero-order valence-electron chi connectivity index (χ0n) is 12.6. The summed E-state index contributed by atoms with van der Waals surface area (Å²) in [5.41, 5.74) is 1.56. The number of benzene rings is 2. The summed E-state index contributed by atoms with van der Waals surface area (Å²) >= 11 is 0. The van der Waals surface area contributed by atoms with E-state index in [9.17, 15) is 14.4 Å². The lowest BCUT2D eigenvalue weighted by molar-refractivity contribution is -0.141. The minimum absolute atomic E-state index is 0.128. The van der Waals surface area contributed by atoms with Gasteiger partial charge in [0.15, 0.2) is 17.5 Å². The van der Waals surface area contributed by atoms with Crippen LogP contribution >= 0.6 is 0 Å². The molecule has 116 valence electrons. The van der Waals surface area contributed by atoms with Gasteiger partial charge in [0.05, 0.1) is 0 Å². The van der Waals surface area contributed by atoms with Crippen molar-refractivity contribution in [3.05, 3.63) is 66.2 Å². The average molecular weight is 307 g/mol. The van der Waals surface area contributed by atoms with Crippen LogP contribution in [0, 0.1) is 5.92 Å². The van der Waals surface area contributed by atoms with E-state index >= 15 is 0 Å². The summed E-state index contributed by atoms with van der Waals surface area (Å²) < 4.78 is 0. The Morgan fingerprint density at radius 2 is 1.35 bits per heavy atom. The van der Waals surface area contributed by atoms with Crippen molar-refractivity contribution in [2.24, 2.45) is 5.92 Å². The third-order valence-corrected chi connectivity index (χ3v) is 4.11. The summed E-state index contributed by atoms with van der Waals surface area (Å²) in [5.74, 6) is -2.45. The second kappa shape index (κ2) is 6.57. The summed E-state index contributed by atoms with van der Waals surface area (Å²) in [6, 6.07) is 18.3. The first-order valence-corrected chi connectivity index (χ1v) is 7.61. The van der Waals surface area contributed by atoms with E-state index in [4.69, 9.17) is 0 Å². The minimum Gasteiger partial charge on any atom is -0.325 e. The second-order valence-corrected chi connectivity index (χ2v) is 5.74. The van der Waals surface area contributed by atoms with E-state index in [1.807, 2.05) is 36.4 Å². The lowest BCUT2D eigenvalue weighted by Crippen LogP contribution is -2.40. The molecule has 1 fully saturated rings. The van der Waals surface area contributed by atoms with Crippen LogP contribution in [0.1, 0.15) is 24.3 Å². The van der Waals surface area contributed by atoms with E-state index in [1.54, 1.807) is 24.3 Å². The van der Waals surface area contributed by atoms with Crippen LogP contribution in [-0.2, 0) is 14.4 Å². The number of anilines is 1. The molecule has 4 nitrogen and oxygen atoms in total. The Balaban J connectivity index is 1.72. The van der Waals surface area contributed by atoms with Crippen molar-refractivity contribution in [2.45, 2.75) is 18.8 Å². The number of hydrogen-bond donors (Lipinski definition) is 1. The van der Waals surface area contributed by atoms with Crippen molar-refractivity contribution in [2.75, 3.05) is 5.32 Å². The van der Waals surface area contributed by atoms with Gasteiger partial charge in [-0.1, -0.05) is 48.5 Å². The van der Waals surface area contributed by atoms with Crippen LogP contribution in [0.4, 0.5) is 5.69 Å². The number of ketones is 2. The number of Topliss-reactive ketones (excluding diaryl/α,β-unsaturated/α-hetero) is 2. The van der Waals surface area contributed by atoms with Crippen molar-refractivity contribution in [1.82, 2.24) is 0 Å². The molecule has 0 heterocycles. The number of hydrogen-bond acceptors (Lipinski definition) is 3. The molecule has 23 heavy (non-hydrogen) atoms. The second-order valence-electron chi connectivity index (χ2n) is 5.74. The minimum atomic E-state index is -1.19. The predicted molar refractivity (Wildman–Crippen MR) is 87.0 cm³/mol. The molecule has 1 amide bonds. The van der Waals surface area contributed by atoms with Gasteiger partial charge < -0.3 is 5.32 Å². The van der Waals surface area contributed by atoms with Gasteiger partial charge in [-0.25, -0.2) is 0 Å². The molecule has 1 saturated carbocycles. The molecule has 4 heteroatoms.